The Morgan fingerprint density at radius 1 is 1.07 bits per heavy atom. The summed E-state index contributed by atoms with van der Waals surface area (Å²) in [4.78, 5) is 12.7. The van der Waals surface area contributed by atoms with Crippen LogP contribution in [0.2, 0.25) is 0 Å². The Morgan fingerprint density at radius 3 is 2.48 bits per heavy atom. The third kappa shape index (κ3) is 4.25. The molecule has 140 valence electrons. The van der Waals surface area contributed by atoms with Crippen molar-refractivity contribution in [3.8, 4) is 22.1 Å². The zero-order valence-corrected chi connectivity index (χ0v) is 16.2. The van der Waals surface area contributed by atoms with Crippen LogP contribution in [-0.2, 0) is 4.79 Å². The van der Waals surface area contributed by atoms with Gasteiger partial charge < -0.3 is 9.47 Å². The Hall–Kier alpha value is -2.93. The number of aromatic nitrogens is 2. The number of benzene rings is 2. The molecule has 0 saturated carbocycles. The van der Waals surface area contributed by atoms with E-state index in [1.807, 2.05) is 55.5 Å². The van der Waals surface area contributed by atoms with E-state index in [4.69, 9.17) is 9.47 Å². The standard InChI is InChI=1S/C20H21N3O3S/c1-4-15(13-8-6-5-7-9-13)18(24)21-20-23-22-19(27-20)14-10-11-16(25-2)17(12-14)26-3/h5-12,15H,4H2,1-3H3,(H,21,23,24)/t15-/m0/s1. The zero-order valence-electron chi connectivity index (χ0n) is 15.4. The lowest BCUT2D eigenvalue weighted by molar-refractivity contribution is -0.117. The van der Waals surface area contributed by atoms with E-state index < -0.39 is 0 Å². The molecule has 1 N–H and O–H groups in total. The molecular formula is C20H21N3O3S. The Balaban J connectivity index is 1.77. The molecule has 1 heterocycles. The summed E-state index contributed by atoms with van der Waals surface area (Å²) in [5.74, 6) is 0.956. The Labute approximate surface area is 162 Å². The fraction of sp³-hybridized carbons (Fsp3) is 0.250. The van der Waals surface area contributed by atoms with Crippen LogP contribution < -0.4 is 14.8 Å². The van der Waals surface area contributed by atoms with Crippen LogP contribution in [0.5, 0.6) is 11.5 Å². The molecule has 2 aromatic carbocycles. The molecule has 0 radical (unpaired) electrons. The van der Waals surface area contributed by atoms with Gasteiger partial charge in [0.05, 0.1) is 20.1 Å². The first-order chi connectivity index (χ1) is 13.2. The summed E-state index contributed by atoms with van der Waals surface area (Å²) in [7, 11) is 3.18. The van der Waals surface area contributed by atoms with Crippen molar-refractivity contribution < 1.29 is 14.3 Å². The predicted molar refractivity (Wildman–Crippen MR) is 107 cm³/mol. The van der Waals surface area contributed by atoms with Gasteiger partial charge in [0.1, 0.15) is 5.01 Å². The van der Waals surface area contributed by atoms with Crippen LogP contribution in [-0.4, -0.2) is 30.3 Å². The minimum Gasteiger partial charge on any atom is -0.493 e. The van der Waals surface area contributed by atoms with Crippen molar-refractivity contribution in [2.75, 3.05) is 19.5 Å². The van der Waals surface area contributed by atoms with E-state index in [-0.39, 0.29) is 11.8 Å². The number of hydrogen-bond donors (Lipinski definition) is 1. The molecule has 0 aliphatic rings. The van der Waals surface area contributed by atoms with E-state index in [2.05, 4.69) is 15.5 Å². The second kappa shape index (κ2) is 8.64. The van der Waals surface area contributed by atoms with Crippen molar-refractivity contribution in [3.05, 3.63) is 54.1 Å². The average molecular weight is 383 g/mol. The minimum atomic E-state index is -0.223. The van der Waals surface area contributed by atoms with Gasteiger partial charge >= 0.3 is 0 Å². The summed E-state index contributed by atoms with van der Waals surface area (Å²) in [5, 5.41) is 12.3. The summed E-state index contributed by atoms with van der Waals surface area (Å²) in [6.07, 6.45) is 0.706. The first-order valence-electron chi connectivity index (χ1n) is 8.58. The van der Waals surface area contributed by atoms with Crippen molar-refractivity contribution in [3.63, 3.8) is 0 Å². The molecular weight excluding hydrogens is 362 g/mol. The lowest BCUT2D eigenvalue weighted by Gasteiger charge is -2.13. The van der Waals surface area contributed by atoms with Gasteiger partial charge in [-0.15, -0.1) is 10.2 Å². The summed E-state index contributed by atoms with van der Waals surface area (Å²) in [6, 6.07) is 15.3. The highest BCUT2D eigenvalue weighted by molar-refractivity contribution is 7.18. The van der Waals surface area contributed by atoms with Crippen LogP contribution in [0.15, 0.2) is 48.5 Å². The van der Waals surface area contributed by atoms with Crippen LogP contribution in [0.4, 0.5) is 5.13 Å². The number of hydrogen-bond acceptors (Lipinski definition) is 6. The Bertz CT molecular complexity index is 912. The van der Waals surface area contributed by atoms with Crippen molar-refractivity contribution in [1.82, 2.24) is 10.2 Å². The molecule has 0 fully saturated rings. The lowest BCUT2D eigenvalue weighted by atomic mass is 9.96. The molecule has 0 aliphatic heterocycles. The smallest absolute Gasteiger partial charge is 0.233 e. The van der Waals surface area contributed by atoms with Crippen LogP contribution >= 0.6 is 11.3 Å². The number of rotatable bonds is 7. The maximum atomic E-state index is 12.7. The molecule has 1 aromatic heterocycles. The number of nitrogens with one attached hydrogen (secondary N) is 1. The molecule has 6 nitrogen and oxygen atoms in total. The molecule has 3 rings (SSSR count). The van der Waals surface area contributed by atoms with E-state index in [1.165, 1.54) is 11.3 Å². The highest BCUT2D eigenvalue weighted by Crippen LogP contribution is 2.34. The van der Waals surface area contributed by atoms with Crippen LogP contribution in [0.1, 0.15) is 24.8 Å². The molecule has 0 saturated heterocycles. The summed E-state index contributed by atoms with van der Waals surface area (Å²) >= 11 is 1.32. The zero-order chi connectivity index (χ0) is 19.2. The van der Waals surface area contributed by atoms with E-state index in [0.29, 0.717) is 28.1 Å². The van der Waals surface area contributed by atoms with Gasteiger partial charge in [-0.05, 0) is 30.2 Å². The molecule has 7 heteroatoms. The third-order valence-electron chi connectivity index (χ3n) is 4.21. The fourth-order valence-corrected chi connectivity index (χ4v) is 3.55. The molecule has 3 aromatic rings. The number of carbonyl (C=O) groups is 1. The first kappa shape index (κ1) is 18.8. The van der Waals surface area contributed by atoms with Gasteiger partial charge in [-0.25, -0.2) is 0 Å². The second-order valence-corrected chi connectivity index (χ2v) is 6.82. The van der Waals surface area contributed by atoms with Gasteiger partial charge in [-0.3, -0.25) is 10.1 Å². The maximum Gasteiger partial charge on any atom is 0.233 e. The van der Waals surface area contributed by atoms with Gasteiger partial charge in [-0.1, -0.05) is 48.6 Å². The van der Waals surface area contributed by atoms with Crippen molar-refractivity contribution in [2.45, 2.75) is 19.3 Å². The molecule has 0 unspecified atom stereocenters. The van der Waals surface area contributed by atoms with E-state index in [0.717, 1.165) is 11.1 Å². The SMILES string of the molecule is CC[C@H](C(=O)Nc1nnc(-c2ccc(OC)c(OC)c2)s1)c1ccccc1. The number of carbonyl (C=O) groups excluding carboxylic acids is 1. The molecule has 0 spiro atoms. The number of anilines is 1. The van der Waals surface area contributed by atoms with E-state index in [1.54, 1.807) is 14.2 Å². The monoisotopic (exact) mass is 383 g/mol. The average Bonchev–Trinajstić information content (AvgIpc) is 3.17. The van der Waals surface area contributed by atoms with Gasteiger partial charge in [-0.2, -0.15) is 0 Å². The van der Waals surface area contributed by atoms with Crippen molar-refractivity contribution in [1.29, 1.82) is 0 Å². The fourth-order valence-electron chi connectivity index (χ4n) is 2.81. The molecule has 27 heavy (non-hydrogen) atoms. The highest BCUT2D eigenvalue weighted by Gasteiger charge is 2.20. The largest absolute Gasteiger partial charge is 0.493 e. The predicted octanol–water partition coefficient (Wildman–Crippen LogP) is 4.35. The number of ether oxygens (including phenoxy) is 2. The van der Waals surface area contributed by atoms with Crippen molar-refractivity contribution in [2.24, 2.45) is 0 Å². The number of nitrogens with zero attached hydrogens (tertiary/aromatic N) is 2. The molecule has 0 bridgehead atoms. The lowest BCUT2D eigenvalue weighted by Crippen LogP contribution is -2.20. The first-order valence-corrected chi connectivity index (χ1v) is 9.39. The molecule has 1 atom stereocenters. The van der Waals surface area contributed by atoms with Gasteiger partial charge in [0.25, 0.3) is 0 Å². The van der Waals surface area contributed by atoms with Gasteiger partial charge in [0.15, 0.2) is 11.5 Å². The second-order valence-electron chi connectivity index (χ2n) is 5.84. The van der Waals surface area contributed by atoms with Crippen LogP contribution in [0.3, 0.4) is 0 Å². The maximum absolute atomic E-state index is 12.7. The quantitative estimate of drug-likeness (QED) is 0.656. The van der Waals surface area contributed by atoms with Gasteiger partial charge in [0.2, 0.25) is 11.0 Å². The van der Waals surface area contributed by atoms with Crippen LogP contribution in [0, 0.1) is 0 Å². The summed E-state index contributed by atoms with van der Waals surface area (Å²) < 4.78 is 10.6. The number of methoxy groups -OCH3 is 2. The summed E-state index contributed by atoms with van der Waals surface area (Å²) in [5.41, 5.74) is 1.84. The highest BCUT2D eigenvalue weighted by atomic mass is 32.1. The van der Waals surface area contributed by atoms with Gasteiger partial charge in [0, 0.05) is 5.56 Å². The topological polar surface area (TPSA) is 73.3 Å². The Kier molecular flexibility index (Phi) is 6.03. The van der Waals surface area contributed by atoms with E-state index >= 15 is 0 Å². The van der Waals surface area contributed by atoms with Crippen molar-refractivity contribution >= 4 is 22.4 Å². The third-order valence-corrected chi connectivity index (χ3v) is 5.10. The Morgan fingerprint density at radius 2 is 1.81 bits per heavy atom. The van der Waals surface area contributed by atoms with Crippen LogP contribution in [0.25, 0.3) is 10.6 Å². The molecule has 1 amide bonds. The normalized spacial score (nSPS) is 11.7. The minimum absolute atomic E-state index is 0.0845. The number of amides is 1. The van der Waals surface area contributed by atoms with E-state index in [9.17, 15) is 4.79 Å². The summed E-state index contributed by atoms with van der Waals surface area (Å²) in [6.45, 7) is 1.99. The molecule has 0 aliphatic carbocycles.